The van der Waals surface area contributed by atoms with E-state index in [1.807, 2.05) is 30.3 Å². The second kappa shape index (κ2) is 8.21. The van der Waals surface area contributed by atoms with Crippen LogP contribution in [0.1, 0.15) is 5.56 Å². The molecule has 0 aliphatic carbocycles. The van der Waals surface area contributed by atoms with Crippen LogP contribution in [0.5, 0.6) is 5.75 Å². The van der Waals surface area contributed by atoms with Crippen LogP contribution in [0, 0.1) is 0 Å². The van der Waals surface area contributed by atoms with Gasteiger partial charge in [-0.15, -0.1) is 0 Å². The summed E-state index contributed by atoms with van der Waals surface area (Å²) in [5.74, 6) is 0.877. The van der Waals surface area contributed by atoms with E-state index in [-0.39, 0.29) is 10.7 Å². The molecule has 8 nitrogen and oxygen atoms in total. The number of sulfone groups is 1. The second-order valence-corrected chi connectivity index (χ2v) is 8.74. The first-order valence-corrected chi connectivity index (χ1v) is 11.1. The Morgan fingerprint density at radius 2 is 1.87 bits per heavy atom. The second-order valence-electron chi connectivity index (χ2n) is 6.43. The lowest BCUT2D eigenvalue weighted by molar-refractivity contribution is 0.306. The van der Waals surface area contributed by atoms with E-state index in [2.05, 4.69) is 25.3 Å². The smallest absolute Gasteiger partial charge is 0.247 e. The third-order valence-electron chi connectivity index (χ3n) is 4.12. The zero-order valence-corrected chi connectivity index (χ0v) is 17.4. The normalized spacial score (nSPS) is 11.4. The molecular weight excluding hydrogens is 426 g/mol. The molecule has 0 saturated carbocycles. The van der Waals surface area contributed by atoms with Crippen molar-refractivity contribution >= 4 is 44.0 Å². The summed E-state index contributed by atoms with van der Waals surface area (Å²) in [6.45, 7) is 0.398. The van der Waals surface area contributed by atoms with Gasteiger partial charge in [0.2, 0.25) is 15.0 Å². The van der Waals surface area contributed by atoms with Crippen LogP contribution in [-0.2, 0) is 16.4 Å². The summed E-state index contributed by atoms with van der Waals surface area (Å²) in [4.78, 5) is 16.2. The van der Waals surface area contributed by atoms with E-state index in [1.54, 1.807) is 18.2 Å². The fourth-order valence-electron chi connectivity index (χ4n) is 2.68. The van der Waals surface area contributed by atoms with Gasteiger partial charge in [0, 0.05) is 11.9 Å². The van der Waals surface area contributed by atoms with Gasteiger partial charge in [0.05, 0.1) is 11.2 Å². The summed E-state index contributed by atoms with van der Waals surface area (Å²) in [5.41, 5.74) is 2.36. The fraction of sp³-hybridized carbons (Fsp3) is 0.100. The van der Waals surface area contributed by atoms with Crippen molar-refractivity contribution in [3.8, 4) is 5.75 Å². The van der Waals surface area contributed by atoms with E-state index in [0.29, 0.717) is 34.4 Å². The summed E-state index contributed by atoms with van der Waals surface area (Å²) in [7, 11) is -3.57. The van der Waals surface area contributed by atoms with Crippen LogP contribution >= 0.6 is 11.6 Å². The number of nitrogens with zero attached hydrogens (tertiary/aromatic N) is 4. The van der Waals surface area contributed by atoms with Crippen LogP contribution in [0.3, 0.4) is 0 Å². The van der Waals surface area contributed by atoms with Gasteiger partial charge >= 0.3 is 0 Å². The van der Waals surface area contributed by atoms with Gasteiger partial charge in [-0.05, 0) is 23.8 Å². The molecule has 10 heteroatoms. The molecule has 0 fully saturated rings. The molecule has 0 bridgehead atoms. The highest BCUT2D eigenvalue weighted by Crippen LogP contribution is 2.30. The molecule has 152 valence electrons. The van der Waals surface area contributed by atoms with Crippen LogP contribution in [0.15, 0.2) is 66.2 Å². The van der Waals surface area contributed by atoms with Gasteiger partial charge in [0.25, 0.3) is 0 Å². The van der Waals surface area contributed by atoms with E-state index >= 15 is 0 Å². The van der Waals surface area contributed by atoms with Crippen molar-refractivity contribution in [2.45, 2.75) is 11.8 Å². The average Bonchev–Trinajstić information content (AvgIpc) is 2.73. The number of aromatic nitrogens is 4. The molecule has 0 radical (unpaired) electrons. The van der Waals surface area contributed by atoms with E-state index in [9.17, 15) is 8.42 Å². The van der Waals surface area contributed by atoms with Gasteiger partial charge in [0.15, 0.2) is 5.82 Å². The number of halogens is 1. The third kappa shape index (κ3) is 4.47. The van der Waals surface area contributed by atoms with Crippen LogP contribution in [-0.4, -0.2) is 34.6 Å². The van der Waals surface area contributed by atoms with Crippen molar-refractivity contribution in [1.29, 1.82) is 0 Å². The molecule has 0 aliphatic rings. The summed E-state index contributed by atoms with van der Waals surface area (Å²) in [5, 5.41) is 3.21. The first-order chi connectivity index (χ1) is 14.4. The SMILES string of the molecule is CS(=O)(=O)c1ncc2ncnc(Nc3ccc(OCc4ccccc4)c(Cl)c3)c2n1. The predicted octanol–water partition coefficient (Wildman–Crippen LogP) is 3.80. The summed E-state index contributed by atoms with van der Waals surface area (Å²) < 4.78 is 29.3. The van der Waals surface area contributed by atoms with Crippen LogP contribution in [0.2, 0.25) is 5.02 Å². The number of anilines is 2. The highest BCUT2D eigenvalue weighted by molar-refractivity contribution is 7.90. The number of rotatable bonds is 6. The Bertz CT molecular complexity index is 1320. The zero-order valence-electron chi connectivity index (χ0n) is 15.8. The highest BCUT2D eigenvalue weighted by atomic mass is 35.5. The highest BCUT2D eigenvalue weighted by Gasteiger charge is 2.15. The zero-order chi connectivity index (χ0) is 21.1. The molecule has 0 atom stereocenters. The maximum absolute atomic E-state index is 11.8. The lowest BCUT2D eigenvalue weighted by atomic mass is 10.2. The Labute approximate surface area is 177 Å². The molecule has 0 saturated heterocycles. The van der Waals surface area contributed by atoms with Gasteiger partial charge in [-0.25, -0.2) is 28.4 Å². The molecule has 0 spiro atoms. The van der Waals surface area contributed by atoms with Crippen molar-refractivity contribution in [2.24, 2.45) is 0 Å². The number of benzene rings is 2. The van der Waals surface area contributed by atoms with Gasteiger partial charge in [-0.3, -0.25) is 0 Å². The van der Waals surface area contributed by atoms with Crippen molar-refractivity contribution < 1.29 is 13.2 Å². The van der Waals surface area contributed by atoms with Crippen LogP contribution in [0.25, 0.3) is 11.0 Å². The number of hydrogen-bond donors (Lipinski definition) is 1. The largest absolute Gasteiger partial charge is 0.487 e. The van der Waals surface area contributed by atoms with Gasteiger partial charge in [0.1, 0.15) is 29.7 Å². The first kappa shape index (κ1) is 20.0. The summed E-state index contributed by atoms with van der Waals surface area (Å²) >= 11 is 6.36. The number of fused-ring (bicyclic) bond motifs is 1. The quantitative estimate of drug-likeness (QED) is 0.450. The van der Waals surface area contributed by atoms with Crippen LogP contribution in [0.4, 0.5) is 11.5 Å². The lowest BCUT2D eigenvalue weighted by Gasteiger charge is -2.11. The Hall–Kier alpha value is -3.30. The maximum atomic E-state index is 11.8. The molecule has 4 aromatic rings. The summed E-state index contributed by atoms with van der Waals surface area (Å²) in [6.07, 6.45) is 3.73. The molecule has 0 unspecified atom stereocenters. The Balaban J connectivity index is 1.58. The molecule has 2 aromatic carbocycles. The molecule has 2 aromatic heterocycles. The van der Waals surface area contributed by atoms with Crippen molar-refractivity contribution in [3.05, 3.63) is 71.6 Å². The monoisotopic (exact) mass is 441 g/mol. The third-order valence-corrected chi connectivity index (χ3v) is 5.27. The molecule has 30 heavy (non-hydrogen) atoms. The molecule has 0 amide bonds. The molecule has 4 rings (SSSR count). The minimum absolute atomic E-state index is 0.286. The standard InChI is InChI=1S/C20H16ClN5O3S/c1-30(27,28)20-22-10-16-18(26-20)19(24-12-23-16)25-14-7-8-17(15(21)9-14)29-11-13-5-3-2-4-6-13/h2-10,12H,11H2,1H3,(H,23,24,25). The predicted molar refractivity (Wildman–Crippen MR) is 114 cm³/mol. The Morgan fingerprint density at radius 3 is 2.60 bits per heavy atom. The van der Waals surface area contributed by atoms with Crippen LogP contribution < -0.4 is 10.1 Å². The van der Waals surface area contributed by atoms with Gasteiger partial charge in [-0.2, -0.15) is 0 Å². The molecule has 0 aliphatic heterocycles. The fourth-order valence-corrected chi connectivity index (χ4v) is 3.41. The number of nitrogens with one attached hydrogen (secondary N) is 1. The summed E-state index contributed by atoms with van der Waals surface area (Å²) in [6, 6.07) is 15.0. The Kier molecular flexibility index (Phi) is 5.47. The van der Waals surface area contributed by atoms with E-state index in [1.165, 1.54) is 12.5 Å². The minimum atomic E-state index is -3.57. The topological polar surface area (TPSA) is 107 Å². The van der Waals surface area contributed by atoms with E-state index in [0.717, 1.165) is 11.8 Å². The molecule has 1 N–H and O–H groups in total. The molecular formula is C20H16ClN5O3S. The van der Waals surface area contributed by atoms with Crippen molar-refractivity contribution in [3.63, 3.8) is 0 Å². The van der Waals surface area contributed by atoms with Gasteiger partial charge in [-0.1, -0.05) is 41.9 Å². The number of hydrogen-bond acceptors (Lipinski definition) is 8. The van der Waals surface area contributed by atoms with Gasteiger partial charge < -0.3 is 10.1 Å². The molecule has 2 heterocycles. The van der Waals surface area contributed by atoms with Crippen molar-refractivity contribution in [1.82, 2.24) is 19.9 Å². The van der Waals surface area contributed by atoms with E-state index in [4.69, 9.17) is 16.3 Å². The number of ether oxygens (including phenoxy) is 1. The minimum Gasteiger partial charge on any atom is -0.487 e. The maximum Gasteiger partial charge on any atom is 0.247 e. The average molecular weight is 442 g/mol. The Morgan fingerprint density at radius 1 is 1.07 bits per heavy atom. The first-order valence-electron chi connectivity index (χ1n) is 8.81. The van der Waals surface area contributed by atoms with Crippen molar-refractivity contribution in [2.75, 3.05) is 11.6 Å². The lowest BCUT2D eigenvalue weighted by Crippen LogP contribution is -2.06. The van der Waals surface area contributed by atoms with E-state index < -0.39 is 9.84 Å².